The van der Waals surface area contributed by atoms with E-state index in [0.717, 1.165) is 27.9 Å². The molecule has 0 saturated carbocycles. The Morgan fingerprint density at radius 2 is 1.48 bits per heavy atom. The van der Waals surface area contributed by atoms with E-state index in [9.17, 15) is 9.18 Å². The van der Waals surface area contributed by atoms with Gasteiger partial charge in [-0.15, -0.1) is 0 Å². The Labute approximate surface area is 343 Å². The first kappa shape index (κ1) is 42.2. The first-order valence-corrected chi connectivity index (χ1v) is 22.9. The Kier molecular flexibility index (Phi) is 13.7. The zero-order valence-electron chi connectivity index (χ0n) is 34.3. The number of para-hydroxylation sites is 1. The van der Waals surface area contributed by atoms with Gasteiger partial charge in [-0.2, -0.15) is 0 Å². The first-order chi connectivity index (χ1) is 27.8. The quantitative estimate of drug-likeness (QED) is 0.0937. The Morgan fingerprint density at radius 1 is 0.862 bits per heavy atom. The number of nitrogens with one attached hydrogen (secondary N) is 1. The summed E-state index contributed by atoms with van der Waals surface area (Å²) >= 11 is 0. The van der Waals surface area contributed by atoms with Crippen LogP contribution in [0.5, 0.6) is 11.5 Å². The van der Waals surface area contributed by atoms with Gasteiger partial charge in [0.2, 0.25) is 5.91 Å². The fourth-order valence-electron chi connectivity index (χ4n) is 7.08. The minimum absolute atomic E-state index is 0.0869. The van der Waals surface area contributed by atoms with Gasteiger partial charge in [-0.05, 0) is 90.5 Å². The minimum atomic E-state index is -2.38. The highest BCUT2D eigenvalue weighted by Gasteiger charge is 2.45. The maximum atomic E-state index is 15.5. The van der Waals surface area contributed by atoms with Crippen LogP contribution in [0.2, 0.25) is 18.1 Å². The van der Waals surface area contributed by atoms with Crippen molar-refractivity contribution in [1.82, 2.24) is 4.90 Å². The molecule has 1 fully saturated rings. The van der Waals surface area contributed by atoms with E-state index in [1.54, 1.807) is 19.2 Å². The average Bonchev–Trinajstić information content (AvgIpc) is 3.58. The molecular formula is C48H55FN2O6Si. The number of amides is 2. The van der Waals surface area contributed by atoms with E-state index in [1.807, 2.05) is 109 Å². The number of anilines is 1. The standard InChI is InChI=1S/C48H55FN2O6Si/c1-48(2,3)58(5,6)57-43(36-22-24-37(49)25-23-36)29-28-42(46(52)51-39(33-56-47(51)53)30-34-16-10-7-11-17-34)45(50-38-20-14-9-15-21-38)41-27-26-40(54-4)31-44(41)55-32-35-18-12-8-13-19-35/h7-27,31,39,42-43,45,50H,28-30,32-33H2,1-6H3/t39-,42+,43+,45+/m0/s1. The SMILES string of the molecule is COc1ccc([C@@H](Nc2ccccc2)[C@@H](CC[C@@H](O[Si](C)(C)C(C)(C)C)c2ccc(F)cc2)C(=O)N2C(=O)OC[C@@H]2Cc2ccccc2)c(OCc2ccccc2)c1. The van der Waals surface area contributed by atoms with Gasteiger partial charge in [0.05, 0.1) is 31.2 Å². The van der Waals surface area contributed by atoms with Gasteiger partial charge in [0.15, 0.2) is 8.32 Å². The second-order valence-electron chi connectivity index (χ2n) is 16.4. The fraction of sp³-hybridized carbons (Fsp3) is 0.333. The van der Waals surface area contributed by atoms with Crippen LogP contribution in [-0.4, -0.2) is 45.0 Å². The molecule has 10 heteroatoms. The lowest BCUT2D eigenvalue weighted by atomic mass is 9.85. The highest BCUT2D eigenvalue weighted by Crippen LogP contribution is 2.44. The van der Waals surface area contributed by atoms with E-state index in [4.69, 9.17) is 18.6 Å². The maximum absolute atomic E-state index is 15.5. The van der Waals surface area contributed by atoms with Crippen molar-refractivity contribution in [3.63, 3.8) is 0 Å². The van der Waals surface area contributed by atoms with Crippen LogP contribution in [0.25, 0.3) is 0 Å². The zero-order chi connectivity index (χ0) is 41.3. The molecule has 0 radical (unpaired) electrons. The van der Waals surface area contributed by atoms with E-state index in [-0.39, 0.29) is 30.0 Å². The molecule has 0 unspecified atom stereocenters. The van der Waals surface area contributed by atoms with E-state index in [2.05, 4.69) is 39.2 Å². The van der Waals surface area contributed by atoms with Gasteiger partial charge in [-0.1, -0.05) is 112 Å². The van der Waals surface area contributed by atoms with Gasteiger partial charge in [0.1, 0.15) is 30.5 Å². The number of ether oxygens (including phenoxy) is 3. The molecule has 58 heavy (non-hydrogen) atoms. The van der Waals surface area contributed by atoms with Crippen molar-refractivity contribution in [2.45, 2.75) is 83.0 Å². The number of carbonyl (C=O) groups excluding carboxylic acids is 2. The van der Waals surface area contributed by atoms with Gasteiger partial charge in [-0.25, -0.2) is 14.1 Å². The van der Waals surface area contributed by atoms with Crippen LogP contribution < -0.4 is 14.8 Å². The van der Waals surface area contributed by atoms with Crippen molar-refractivity contribution >= 4 is 26.0 Å². The predicted octanol–water partition coefficient (Wildman–Crippen LogP) is 11.3. The van der Waals surface area contributed by atoms with Gasteiger partial charge in [0, 0.05) is 17.3 Å². The Morgan fingerprint density at radius 3 is 2.10 bits per heavy atom. The molecule has 6 rings (SSSR count). The summed E-state index contributed by atoms with van der Waals surface area (Å²) in [5, 5.41) is 3.58. The number of hydrogen-bond donors (Lipinski definition) is 1. The average molecular weight is 803 g/mol. The van der Waals surface area contributed by atoms with Crippen molar-refractivity contribution in [1.29, 1.82) is 0 Å². The topological polar surface area (TPSA) is 86.3 Å². The van der Waals surface area contributed by atoms with Crippen LogP contribution in [-0.2, 0) is 27.0 Å². The minimum Gasteiger partial charge on any atom is -0.497 e. The zero-order valence-corrected chi connectivity index (χ0v) is 35.3. The summed E-state index contributed by atoms with van der Waals surface area (Å²) in [6.45, 7) is 11.3. The van der Waals surface area contributed by atoms with Gasteiger partial charge >= 0.3 is 6.09 Å². The van der Waals surface area contributed by atoms with Crippen molar-refractivity contribution in [3.05, 3.63) is 162 Å². The molecule has 1 N–H and O–H groups in total. The monoisotopic (exact) mass is 802 g/mol. The number of cyclic esters (lactones) is 1. The third-order valence-electron chi connectivity index (χ3n) is 11.3. The predicted molar refractivity (Wildman–Crippen MR) is 229 cm³/mol. The molecule has 1 heterocycles. The first-order valence-electron chi connectivity index (χ1n) is 20.0. The summed E-state index contributed by atoms with van der Waals surface area (Å²) in [6, 6.07) is 40.2. The molecule has 8 nitrogen and oxygen atoms in total. The molecule has 0 aliphatic carbocycles. The number of imide groups is 1. The molecule has 5 aromatic rings. The molecule has 0 bridgehead atoms. The van der Waals surface area contributed by atoms with Crippen molar-refractivity contribution < 1.29 is 32.6 Å². The van der Waals surface area contributed by atoms with E-state index in [1.165, 1.54) is 17.0 Å². The summed E-state index contributed by atoms with van der Waals surface area (Å²) in [5.74, 6) is -0.408. The Balaban J connectivity index is 1.46. The number of carbonyl (C=O) groups is 2. The summed E-state index contributed by atoms with van der Waals surface area (Å²) < 4.78 is 39.3. The number of hydrogen-bond acceptors (Lipinski definition) is 7. The second-order valence-corrected chi connectivity index (χ2v) is 21.2. The molecule has 1 aliphatic rings. The highest BCUT2D eigenvalue weighted by molar-refractivity contribution is 6.74. The third-order valence-corrected chi connectivity index (χ3v) is 15.8. The van der Waals surface area contributed by atoms with E-state index < -0.39 is 38.5 Å². The van der Waals surface area contributed by atoms with Crippen LogP contribution in [0, 0.1) is 11.7 Å². The highest BCUT2D eigenvalue weighted by atomic mass is 28.4. The summed E-state index contributed by atoms with van der Waals surface area (Å²) in [6.07, 6.45) is 0.0280. The largest absolute Gasteiger partial charge is 0.497 e. The third kappa shape index (κ3) is 10.5. The number of nitrogens with zero attached hydrogens (tertiary/aromatic N) is 1. The molecule has 2 amide bonds. The lowest BCUT2D eigenvalue weighted by molar-refractivity contribution is -0.134. The number of rotatable bonds is 17. The number of benzene rings is 5. The summed E-state index contributed by atoms with van der Waals surface area (Å²) in [5.41, 5.74) is 4.29. The molecule has 1 saturated heterocycles. The molecule has 0 aromatic heterocycles. The Bertz CT molecular complexity index is 2090. The fourth-order valence-corrected chi connectivity index (χ4v) is 8.40. The van der Waals surface area contributed by atoms with Crippen molar-refractivity contribution in [2.24, 2.45) is 5.92 Å². The molecule has 1 aliphatic heterocycles. The van der Waals surface area contributed by atoms with E-state index >= 15 is 4.79 Å². The summed E-state index contributed by atoms with van der Waals surface area (Å²) in [7, 11) is -0.779. The van der Waals surface area contributed by atoms with Crippen molar-refractivity contribution in [3.8, 4) is 11.5 Å². The van der Waals surface area contributed by atoms with Crippen LogP contribution in [0.4, 0.5) is 14.9 Å². The van der Waals surface area contributed by atoms with Crippen LogP contribution in [0.1, 0.15) is 68.0 Å². The van der Waals surface area contributed by atoms with Gasteiger partial charge in [-0.3, -0.25) is 4.79 Å². The number of methoxy groups -OCH3 is 1. The molecule has 304 valence electrons. The lowest BCUT2D eigenvalue weighted by Crippen LogP contribution is -2.46. The number of halogens is 1. The van der Waals surface area contributed by atoms with E-state index in [0.29, 0.717) is 30.8 Å². The molecule has 0 spiro atoms. The molecule has 4 atom stereocenters. The van der Waals surface area contributed by atoms with Crippen LogP contribution in [0.15, 0.2) is 133 Å². The molecule has 5 aromatic carbocycles. The van der Waals surface area contributed by atoms with Gasteiger partial charge in [0.25, 0.3) is 0 Å². The van der Waals surface area contributed by atoms with Crippen LogP contribution in [0.3, 0.4) is 0 Å². The Hall–Kier alpha value is -5.45. The van der Waals surface area contributed by atoms with Crippen LogP contribution >= 0.6 is 0 Å². The van der Waals surface area contributed by atoms with Gasteiger partial charge < -0.3 is 24.0 Å². The lowest BCUT2D eigenvalue weighted by Gasteiger charge is -2.40. The van der Waals surface area contributed by atoms with Crippen molar-refractivity contribution in [2.75, 3.05) is 19.0 Å². The molecular weight excluding hydrogens is 748 g/mol. The smallest absolute Gasteiger partial charge is 0.416 e. The normalized spacial score (nSPS) is 15.9. The maximum Gasteiger partial charge on any atom is 0.416 e. The summed E-state index contributed by atoms with van der Waals surface area (Å²) in [4.78, 5) is 30.5. The second kappa shape index (κ2) is 18.9.